The molecule has 2 nitrogen and oxygen atoms in total. The highest BCUT2D eigenvalue weighted by Gasteiger charge is 2.27. The van der Waals surface area contributed by atoms with Crippen LogP contribution in [0.3, 0.4) is 0 Å². The normalized spacial score (nSPS) is 13.6. The van der Waals surface area contributed by atoms with E-state index < -0.39 is 5.60 Å². The zero-order valence-electron chi connectivity index (χ0n) is 8.72. The predicted molar refractivity (Wildman–Crippen MR) is 53.8 cm³/mol. The average Bonchev–Trinajstić information content (AvgIpc) is 2.13. The van der Waals surface area contributed by atoms with Gasteiger partial charge >= 0.3 is 0 Å². The molecule has 0 unspecified atom stereocenters. The van der Waals surface area contributed by atoms with Crippen molar-refractivity contribution in [2.24, 2.45) is 4.99 Å². The highest BCUT2D eigenvalue weighted by Crippen LogP contribution is 2.18. The first kappa shape index (κ1) is 11.6. The average molecular weight is 171 g/mol. The summed E-state index contributed by atoms with van der Waals surface area (Å²) in [7, 11) is 0. The molecule has 0 aromatic carbocycles. The molecule has 0 aliphatic carbocycles. The van der Waals surface area contributed by atoms with Crippen LogP contribution >= 0.6 is 0 Å². The molecule has 0 rings (SSSR count). The number of hydrogen-bond donors (Lipinski definition) is 1. The fraction of sp³-hybridized carbons (Fsp3) is 0.900. The topological polar surface area (TPSA) is 32.6 Å². The van der Waals surface area contributed by atoms with Crippen LogP contribution in [-0.2, 0) is 0 Å². The van der Waals surface area contributed by atoms with Crippen LogP contribution in [0.2, 0.25) is 0 Å². The van der Waals surface area contributed by atoms with Gasteiger partial charge in [-0.05, 0) is 26.2 Å². The minimum Gasteiger partial charge on any atom is -0.384 e. The summed E-state index contributed by atoms with van der Waals surface area (Å²) < 4.78 is 0. The van der Waals surface area contributed by atoms with Gasteiger partial charge in [-0.25, -0.2) is 0 Å². The van der Waals surface area contributed by atoms with Crippen LogP contribution in [0.4, 0.5) is 0 Å². The number of rotatable bonds is 5. The summed E-state index contributed by atoms with van der Waals surface area (Å²) in [4.78, 5) is 4.32. The molecule has 0 radical (unpaired) electrons. The van der Waals surface area contributed by atoms with E-state index in [1.165, 1.54) is 0 Å². The molecule has 0 fully saturated rings. The van der Waals surface area contributed by atoms with Crippen LogP contribution in [0.25, 0.3) is 0 Å². The standard InChI is InChI=1S/C10H21NO/c1-5-9(11-8-4)10(12,6-2)7-3/h12H,5-8H2,1-4H3. The maximum absolute atomic E-state index is 10.1. The van der Waals surface area contributed by atoms with Gasteiger partial charge in [0.25, 0.3) is 0 Å². The van der Waals surface area contributed by atoms with Crippen molar-refractivity contribution in [1.82, 2.24) is 0 Å². The van der Waals surface area contributed by atoms with Crippen LogP contribution in [0.15, 0.2) is 4.99 Å². The molecular weight excluding hydrogens is 150 g/mol. The van der Waals surface area contributed by atoms with Crippen molar-refractivity contribution < 1.29 is 5.11 Å². The van der Waals surface area contributed by atoms with Crippen LogP contribution in [-0.4, -0.2) is 23.0 Å². The monoisotopic (exact) mass is 171 g/mol. The minimum atomic E-state index is -0.648. The van der Waals surface area contributed by atoms with E-state index in [9.17, 15) is 5.11 Å². The van der Waals surface area contributed by atoms with E-state index in [0.29, 0.717) is 0 Å². The Bertz CT molecular complexity index is 148. The SMILES string of the molecule is CCN=C(CC)C(O)(CC)CC. The van der Waals surface area contributed by atoms with E-state index in [-0.39, 0.29) is 0 Å². The van der Waals surface area contributed by atoms with Gasteiger partial charge in [0.05, 0.1) is 0 Å². The molecule has 0 saturated heterocycles. The third-order valence-electron chi connectivity index (χ3n) is 2.39. The molecule has 2 heteroatoms. The predicted octanol–water partition coefficient (Wildman–Crippen LogP) is 2.41. The van der Waals surface area contributed by atoms with Crippen LogP contribution < -0.4 is 0 Å². The Labute approximate surface area is 75.7 Å². The highest BCUT2D eigenvalue weighted by molar-refractivity contribution is 5.92. The Morgan fingerprint density at radius 1 is 1.17 bits per heavy atom. The van der Waals surface area contributed by atoms with E-state index in [2.05, 4.69) is 4.99 Å². The molecule has 0 aliphatic heterocycles. The second-order valence-corrected chi connectivity index (χ2v) is 3.01. The van der Waals surface area contributed by atoms with Gasteiger partial charge in [0.1, 0.15) is 5.60 Å². The zero-order chi connectivity index (χ0) is 9.61. The van der Waals surface area contributed by atoms with E-state index in [4.69, 9.17) is 0 Å². The van der Waals surface area contributed by atoms with Crippen molar-refractivity contribution in [3.63, 3.8) is 0 Å². The molecule has 0 amide bonds. The Morgan fingerprint density at radius 3 is 1.92 bits per heavy atom. The van der Waals surface area contributed by atoms with Gasteiger partial charge in [0.15, 0.2) is 0 Å². The first-order valence-electron chi connectivity index (χ1n) is 4.90. The maximum atomic E-state index is 10.1. The van der Waals surface area contributed by atoms with Crippen molar-refractivity contribution in [1.29, 1.82) is 0 Å². The smallest absolute Gasteiger partial charge is 0.102 e. The number of nitrogens with zero attached hydrogens (tertiary/aromatic N) is 1. The Hall–Kier alpha value is -0.370. The van der Waals surface area contributed by atoms with E-state index in [1.54, 1.807) is 0 Å². The van der Waals surface area contributed by atoms with Crippen molar-refractivity contribution in [2.75, 3.05) is 6.54 Å². The van der Waals surface area contributed by atoms with Crippen molar-refractivity contribution in [2.45, 2.75) is 52.6 Å². The summed E-state index contributed by atoms with van der Waals surface area (Å²) in [6.07, 6.45) is 2.37. The number of hydrogen-bond acceptors (Lipinski definition) is 2. The molecule has 0 atom stereocenters. The van der Waals surface area contributed by atoms with Crippen LogP contribution in [0.1, 0.15) is 47.0 Å². The number of aliphatic hydroxyl groups is 1. The summed E-state index contributed by atoms with van der Waals surface area (Å²) in [6.45, 7) is 8.83. The summed E-state index contributed by atoms with van der Waals surface area (Å²) >= 11 is 0. The quantitative estimate of drug-likeness (QED) is 0.633. The van der Waals surface area contributed by atoms with Gasteiger partial charge in [-0.2, -0.15) is 0 Å². The molecule has 1 N–H and O–H groups in total. The van der Waals surface area contributed by atoms with Crippen LogP contribution in [0.5, 0.6) is 0 Å². The van der Waals surface area contributed by atoms with Crippen molar-refractivity contribution in [3.8, 4) is 0 Å². The second kappa shape index (κ2) is 5.31. The van der Waals surface area contributed by atoms with Gasteiger partial charge in [0.2, 0.25) is 0 Å². The van der Waals surface area contributed by atoms with E-state index in [1.807, 2.05) is 27.7 Å². The third kappa shape index (κ3) is 2.59. The first-order valence-corrected chi connectivity index (χ1v) is 4.90. The zero-order valence-corrected chi connectivity index (χ0v) is 8.72. The molecule has 0 bridgehead atoms. The Balaban J connectivity index is 4.55. The van der Waals surface area contributed by atoms with Gasteiger partial charge in [0, 0.05) is 12.3 Å². The van der Waals surface area contributed by atoms with Crippen molar-refractivity contribution in [3.05, 3.63) is 0 Å². The summed E-state index contributed by atoms with van der Waals surface area (Å²) in [6, 6.07) is 0. The number of aliphatic imine (C=N–C) groups is 1. The molecule has 0 saturated carbocycles. The Morgan fingerprint density at radius 2 is 1.67 bits per heavy atom. The lowest BCUT2D eigenvalue weighted by Crippen LogP contribution is -2.37. The fourth-order valence-electron chi connectivity index (χ4n) is 1.44. The van der Waals surface area contributed by atoms with Gasteiger partial charge in [-0.1, -0.05) is 20.8 Å². The van der Waals surface area contributed by atoms with Gasteiger partial charge in [-0.15, -0.1) is 0 Å². The Kier molecular flexibility index (Phi) is 5.14. The van der Waals surface area contributed by atoms with Gasteiger partial charge in [-0.3, -0.25) is 4.99 Å². The highest BCUT2D eigenvalue weighted by atomic mass is 16.3. The second-order valence-electron chi connectivity index (χ2n) is 3.01. The molecule has 72 valence electrons. The molecule has 0 aromatic heterocycles. The summed E-state index contributed by atoms with van der Waals surface area (Å²) in [5.74, 6) is 0. The summed E-state index contributed by atoms with van der Waals surface area (Å²) in [5, 5.41) is 10.1. The molecule has 12 heavy (non-hydrogen) atoms. The lowest BCUT2D eigenvalue weighted by Gasteiger charge is -2.26. The molecule has 0 aromatic rings. The van der Waals surface area contributed by atoms with Gasteiger partial charge < -0.3 is 5.11 Å². The molecule has 0 spiro atoms. The summed E-state index contributed by atoms with van der Waals surface area (Å²) in [5.41, 5.74) is 0.306. The maximum Gasteiger partial charge on any atom is 0.102 e. The first-order chi connectivity index (χ1) is 5.64. The largest absolute Gasteiger partial charge is 0.384 e. The van der Waals surface area contributed by atoms with Crippen LogP contribution in [0, 0.1) is 0 Å². The minimum absolute atomic E-state index is 0.648. The van der Waals surface area contributed by atoms with Crippen molar-refractivity contribution >= 4 is 5.71 Å². The fourth-order valence-corrected chi connectivity index (χ4v) is 1.44. The van der Waals surface area contributed by atoms with E-state index in [0.717, 1.165) is 31.5 Å². The lowest BCUT2D eigenvalue weighted by atomic mass is 9.90. The molecular formula is C10H21NO. The molecule has 0 heterocycles. The molecule has 0 aliphatic rings. The third-order valence-corrected chi connectivity index (χ3v) is 2.39. The van der Waals surface area contributed by atoms with E-state index >= 15 is 0 Å². The lowest BCUT2D eigenvalue weighted by molar-refractivity contribution is 0.101.